The van der Waals surface area contributed by atoms with Gasteiger partial charge < -0.3 is 9.80 Å². The summed E-state index contributed by atoms with van der Waals surface area (Å²) in [5.41, 5.74) is 1.27. The van der Waals surface area contributed by atoms with Crippen LogP contribution < -0.4 is 0 Å². The molecular weight excluding hydrogens is 489 g/mol. The lowest BCUT2D eigenvalue weighted by molar-refractivity contribution is -0.146. The zero-order valence-corrected chi connectivity index (χ0v) is 21.2. The maximum atomic E-state index is 14.1. The predicted octanol–water partition coefficient (Wildman–Crippen LogP) is 6.02. The van der Waals surface area contributed by atoms with Crippen LogP contribution in [0.3, 0.4) is 0 Å². The Labute approximate surface area is 221 Å². The highest BCUT2D eigenvalue weighted by Gasteiger charge is 2.47. The molecule has 2 amide bonds. The van der Waals surface area contributed by atoms with E-state index in [1.54, 1.807) is 21.9 Å². The number of rotatable bonds is 5. The molecule has 2 aliphatic rings. The van der Waals surface area contributed by atoms with E-state index in [0.717, 1.165) is 35.2 Å². The molecule has 0 aliphatic carbocycles. The van der Waals surface area contributed by atoms with Crippen LogP contribution in [0.25, 0.3) is 0 Å². The Bertz CT molecular complexity index is 1210. The SMILES string of the molecule is O=C(CN1CCCC(c2ccccc2)(c2ccccc2)C1=O)N1CCC(c2ccc(C(F)(F)F)cc2)CC1. The van der Waals surface area contributed by atoms with E-state index in [9.17, 15) is 22.8 Å². The molecule has 2 heterocycles. The Hall–Kier alpha value is -3.61. The fourth-order valence-electron chi connectivity index (χ4n) is 5.98. The first-order valence-electron chi connectivity index (χ1n) is 13.1. The summed E-state index contributed by atoms with van der Waals surface area (Å²) in [4.78, 5) is 30.9. The monoisotopic (exact) mass is 520 g/mol. The van der Waals surface area contributed by atoms with E-state index >= 15 is 0 Å². The minimum atomic E-state index is -4.35. The Balaban J connectivity index is 1.27. The number of alkyl halides is 3. The molecule has 38 heavy (non-hydrogen) atoms. The van der Waals surface area contributed by atoms with Crippen molar-refractivity contribution in [1.29, 1.82) is 0 Å². The number of nitrogens with zero attached hydrogens (tertiary/aromatic N) is 2. The van der Waals surface area contributed by atoms with Crippen molar-refractivity contribution in [3.8, 4) is 0 Å². The summed E-state index contributed by atoms with van der Waals surface area (Å²) in [6.07, 6.45) is -1.51. The predicted molar refractivity (Wildman–Crippen MR) is 139 cm³/mol. The van der Waals surface area contributed by atoms with Crippen molar-refractivity contribution in [3.05, 3.63) is 107 Å². The lowest BCUT2D eigenvalue weighted by atomic mass is 9.68. The van der Waals surface area contributed by atoms with Crippen LogP contribution in [-0.4, -0.2) is 47.8 Å². The molecule has 0 aromatic heterocycles. The van der Waals surface area contributed by atoms with Gasteiger partial charge in [0, 0.05) is 19.6 Å². The molecule has 3 aromatic rings. The number of hydrogen-bond donors (Lipinski definition) is 0. The fraction of sp³-hybridized carbons (Fsp3) is 0.355. The van der Waals surface area contributed by atoms with Gasteiger partial charge in [-0.3, -0.25) is 9.59 Å². The average Bonchev–Trinajstić information content (AvgIpc) is 2.95. The molecule has 2 fully saturated rings. The number of halogens is 3. The average molecular weight is 521 g/mol. The second-order valence-electron chi connectivity index (χ2n) is 10.2. The Morgan fingerprint density at radius 1 is 0.816 bits per heavy atom. The number of piperidine rings is 2. The summed E-state index contributed by atoms with van der Waals surface area (Å²) in [6, 6.07) is 24.9. The minimum absolute atomic E-state index is 0.0329. The number of amides is 2. The Morgan fingerprint density at radius 2 is 1.37 bits per heavy atom. The van der Waals surface area contributed by atoms with Crippen LogP contribution in [0.1, 0.15) is 53.9 Å². The molecule has 4 nitrogen and oxygen atoms in total. The Kier molecular flexibility index (Phi) is 7.28. The molecule has 3 aromatic carbocycles. The molecule has 0 bridgehead atoms. The van der Waals surface area contributed by atoms with Gasteiger partial charge in [0.25, 0.3) is 0 Å². The maximum absolute atomic E-state index is 14.1. The minimum Gasteiger partial charge on any atom is -0.341 e. The Morgan fingerprint density at radius 3 is 1.89 bits per heavy atom. The maximum Gasteiger partial charge on any atom is 0.416 e. The first-order valence-corrected chi connectivity index (χ1v) is 13.1. The smallest absolute Gasteiger partial charge is 0.341 e. The van der Waals surface area contributed by atoms with Crippen LogP contribution in [0.5, 0.6) is 0 Å². The van der Waals surface area contributed by atoms with Gasteiger partial charge in [-0.25, -0.2) is 0 Å². The van der Waals surface area contributed by atoms with Crippen LogP contribution in [0.15, 0.2) is 84.9 Å². The summed E-state index contributed by atoms with van der Waals surface area (Å²) in [5, 5.41) is 0. The number of benzene rings is 3. The second kappa shape index (κ2) is 10.6. The zero-order chi connectivity index (χ0) is 26.8. The second-order valence-corrected chi connectivity index (χ2v) is 10.2. The third kappa shape index (κ3) is 5.06. The van der Waals surface area contributed by atoms with E-state index in [1.165, 1.54) is 0 Å². The molecule has 2 saturated heterocycles. The highest BCUT2D eigenvalue weighted by Crippen LogP contribution is 2.41. The van der Waals surface area contributed by atoms with Crippen molar-refractivity contribution in [2.75, 3.05) is 26.2 Å². The number of likely N-dealkylation sites (tertiary alicyclic amines) is 2. The third-order valence-electron chi connectivity index (χ3n) is 8.05. The highest BCUT2D eigenvalue weighted by atomic mass is 19.4. The van der Waals surface area contributed by atoms with Gasteiger partial charge in [0.2, 0.25) is 11.8 Å². The van der Waals surface area contributed by atoms with E-state index in [-0.39, 0.29) is 24.3 Å². The van der Waals surface area contributed by atoms with Gasteiger partial charge in [-0.2, -0.15) is 13.2 Å². The van der Waals surface area contributed by atoms with Crippen molar-refractivity contribution >= 4 is 11.8 Å². The van der Waals surface area contributed by atoms with Crippen molar-refractivity contribution in [2.24, 2.45) is 0 Å². The van der Waals surface area contributed by atoms with Gasteiger partial charge in [0.1, 0.15) is 0 Å². The van der Waals surface area contributed by atoms with Crippen LogP contribution in [0.4, 0.5) is 13.2 Å². The summed E-state index contributed by atoms with van der Waals surface area (Å²) in [6.45, 7) is 1.61. The molecule has 7 heteroatoms. The van der Waals surface area contributed by atoms with Gasteiger partial charge in [-0.05, 0) is 60.4 Å². The van der Waals surface area contributed by atoms with Crippen molar-refractivity contribution in [1.82, 2.24) is 9.80 Å². The number of hydrogen-bond acceptors (Lipinski definition) is 2. The largest absolute Gasteiger partial charge is 0.416 e. The summed E-state index contributed by atoms with van der Waals surface area (Å²) < 4.78 is 38.7. The molecule has 0 saturated carbocycles. The van der Waals surface area contributed by atoms with E-state index in [0.29, 0.717) is 38.9 Å². The molecule has 0 radical (unpaired) electrons. The molecule has 0 spiro atoms. The molecule has 2 aliphatic heterocycles. The molecule has 0 unspecified atom stereocenters. The lowest BCUT2D eigenvalue weighted by Crippen LogP contribution is -2.55. The lowest BCUT2D eigenvalue weighted by Gasteiger charge is -2.43. The highest BCUT2D eigenvalue weighted by molar-refractivity contribution is 5.95. The molecule has 5 rings (SSSR count). The normalized spacial score (nSPS) is 18.4. The first kappa shape index (κ1) is 26.0. The van der Waals surface area contributed by atoms with Gasteiger partial charge in [0.15, 0.2) is 0 Å². The van der Waals surface area contributed by atoms with E-state index in [4.69, 9.17) is 0 Å². The van der Waals surface area contributed by atoms with Crippen LogP contribution in [-0.2, 0) is 21.2 Å². The van der Waals surface area contributed by atoms with Gasteiger partial charge in [-0.1, -0.05) is 72.8 Å². The van der Waals surface area contributed by atoms with E-state index in [1.807, 2.05) is 60.7 Å². The van der Waals surface area contributed by atoms with Crippen molar-refractivity contribution in [3.63, 3.8) is 0 Å². The van der Waals surface area contributed by atoms with Gasteiger partial charge in [0.05, 0.1) is 17.5 Å². The quantitative estimate of drug-likeness (QED) is 0.413. The zero-order valence-electron chi connectivity index (χ0n) is 21.2. The van der Waals surface area contributed by atoms with Gasteiger partial charge in [-0.15, -0.1) is 0 Å². The van der Waals surface area contributed by atoms with Crippen LogP contribution in [0, 0.1) is 0 Å². The number of carbonyl (C=O) groups excluding carboxylic acids is 2. The molecule has 198 valence electrons. The summed E-state index contributed by atoms with van der Waals surface area (Å²) in [5.74, 6) is -0.0166. The summed E-state index contributed by atoms with van der Waals surface area (Å²) in [7, 11) is 0. The third-order valence-corrected chi connectivity index (χ3v) is 8.05. The van der Waals surface area contributed by atoms with Crippen LogP contribution >= 0.6 is 0 Å². The summed E-state index contributed by atoms with van der Waals surface area (Å²) >= 11 is 0. The van der Waals surface area contributed by atoms with E-state index in [2.05, 4.69) is 0 Å². The van der Waals surface area contributed by atoms with Crippen molar-refractivity contribution < 1.29 is 22.8 Å². The first-order chi connectivity index (χ1) is 18.3. The van der Waals surface area contributed by atoms with Crippen LogP contribution in [0.2, 0.25) is 0 Å². The fourth-order valence-corrected chi connectivity index (χ4v) is 5.98. The number of carbonyl (C=O) groups is 2. The topological polar surface area (TPSA) is 40.6 Å². The molecule has 0 atom stereocenters. The van der Waals surface area contributed by atoms with E-state index < -0.39 is 17.2 Å². The van der Waals surface area contributed by atoms with Gasteiger partial charge >= 0.3 is 6.18 Å². The standard InChI is InChI=1S/C31H31F3N2O2/c32-31(33,34)27-14-12-23(13-15-27)24-16-20-35(21-17-24)28(37)22-36-19-7-18-30(29(36)38,25-8-3-1-4-9-25)26-10-5-2-6-11-26/h1-6,8-15,24H,7,16-22H2. The molecular formula is C31H31F3N2O2. The van der Waals surface area contributed by atoms with Crippen molar-refractivity contribution in [2.45, 2.75) is 43.2 Å². The molecule has 0 N–H and O–H groups in total.